The Morgan fingerprint density at radius 3 is 2.79 bits per heavy atom. The van der Waals surface area contributed by atoms with E-state index in [0.29, 0.717) is 24.5 Å². The molecule has 2 heterocycles. The standard InChI is InChI=1S/C21H17FN4OS/c22-17-5-3-15(4-6-17)19-9-7-18(28-19)8-10-20(27)24-12-13-26-21-16(14-23)2-1-11-25-21/h1-11H,12-13H2,(H,24,27)(H,25,26). The van der Waals surface area contributed by atoms with Crippen LogP contribution in [0.2, 0.25) is 0 Å². The van der Waals surface area contributed by atoms with E-state index in [4.69, 9.17) is 5.26 Å². The van der Waals surface area contributed by atoms with Crippen molar-refractivity contribution in [3.63, 3.8) is 0 Å². The molecular weight excluding hydrogens is 375 g/mol. The molecule has 28 heavy (non-hydrogen) atoms. The molecular formula is C21H17FN4OS. The number of benzene rings is 1. The first kappa shape index (κ1) is 19.3. The first-order chi connectivity index (χ1) is 13.7. The van der Waals surface area contributed by atoms with E-state index in [1.54, 1.807) is 36.5 Å². The van der Waals surface area contributed by atoms with Gasteiger partial charge in [0.05, 0.1) is 5.56 Å². The topological polar surface area (TPSA) is 77.8 Å². The third-order valence-electron chi connectivity index (χ3n) is 3.80. The lowest BCUT2D eigenvalue weighted by Gasteiger charge is -2.06. The number of hydrogen-bond donors (Lipinski definition) is 2. The Labute approximate surface area is 166 Å². The number of nitrogens with zero attached hydrogens (tertiary/aromatic N) is 2. The van der Waals surface area contributed by atoms with Crippen molar-refractivity contribution < 1.29 is 9.18 Å². The molecule has 1 amide bonds. The van der Waals surface area contributed by atoms with Crippen LogP contribution >= 0.6 is 11.3 Å². The van der Waals surface area contributed by atoms with Gasteiger partial charge in [-0.05, 0) is 48.0 Å². The van der Waals surface area contributed by atoms with Gasteiger partial charge in [0.15, 0.2) is 0 Å². The van der Waals surface area contributed by atoms with Crippen molar-refractivity contribution in [1.82, 2.24) is 10.3 Å². The lowest BCUT2D eigenvalue weighted by atomic mass is 10.2. The molecule has 140 valence electrons. The number of hydrogen-bond acceptors (Lipinski definition) is 5. The number of halogens is 1. The van der Waals surface area contributed by atoms with E-state index >= 15 is 0 Å². The van der Waals surface area contributed by atoms with Gasteiger partial charge in [0.1, 0.15) is 17.7 Å². The Hall–Kier alpha value is -3.50. The first-order valence-electron chi connectivity index (χ1n) is 8.56. The van der Waals surface area contributed by atoms with Crippen molar-refractivity contribution in [2.45, 2.75) is 0 Å². The summed E-state index contributed by atoms with van der Waals surface area (Å²) in [6, 6.07) is 15.6. The van der Waals surface area contributed by atoms with Crippen LogP contribution in [-0.2, 0) is 4.79 Å². The summed E-state index contributed by atoms with van der Waals surface area (Å²) in [6.45, 7) is 0.856. The van der Waals surface area contributed by atoms with Crippen LogP contribution < -0.4 is 10.6 Å². The molecule has 3 rings (SSSR count). The fraction of sp³-hybridized carbons (Fsp3) is 0.0952. The minimum absolute atomic E-state index is 0.208. The maximum Gasteiger partial charge on any atom is 0.244 e. The quantitative estimate of drug-likeness (QED) is 0.469. The second-order valence-corrected chi connectivity index (χ2v) is 6.89. The highest BCUT2D eigenvalue weighted by atomic mass is 32.1. The Kier molecular flexibility index (Phi) is 6.50. The average molecular weight is 392 g/mol. The average Bonchev–Trinajstić information content (AvgIpc) is 3.19. The molecule has 3 aromatic rings. The summed E-state index contributed by atoms with van der Waals surface area (Å²) >= 11 is 1.52. The van der Waals surface area contributed by atoms with Crippen LogP contribution in [0.15, 0.2) is 60.8 Å². The second-order valence-electron chi connectivity index (χ2n) is 5.77. The molecule has 0 fully saturated rings. The summed E-state index contributed by atoms with van der Waals surface area (Å²) in [5, 5.41) is 14.8. The zero-order chi connectivity index (χ0) is 19.8. The van der Waals surface area contributed by atoms with E-state index in [0.717, 1.165) is 15.3 Å². The van der Waals surface area contributed by atoms with Gasteiger partial charge in [0, 0.05) is 35.1 Å². The predicted molar refractivity (Wildman–Crippen MR) is 109 cm³/mol. The van der Waals surface area contributed by atoms with E-state index in [-0.39, 0.29) is 11.7 Å². The molecule has 0 bridgehead atoms. The maximum absolute atomic E-state index is 13.0. The number of rotatable bonds is 7. The summed E-state index contributed by atoms with van der Waals surface area (Å²) < 4.78 is 13.0. The monoisotopic (exact) mass is 392 g/mol. The molecule has 0 atom stereocenters. The Balaban J connectivity index is 1.47. The van der Waals surface area contributed by atoms with Gasteiger partial charge in [-0.1, -0.05) is 12.1 Å². The van der Waals surface area contributed by atoms with E-state index in [2.05, 4.69) is 21.7 Å². The molecule has 1 aromatic carbocycles. The number of nitriles is 1. The summed E-state index contributed by atoms with van der Waals surface area (Å²) in [7, 11) is 0. The van der Waals surface area contributed by atoms with Crippen LogP contribution in [0.1, 0.15) is 10.4 Å². The van der Waals surface area contributed by atoms with Crippen molar-refractivity contribution in [3.8, 4) is 16.5 Å². The smallest absolute Gasteiger partial charge is 0.244 e. The van der Waals surface area contributed by atoms with Gasteiger partial charge in [-0.25, -0.2) is 9.37 Å². The highest BCUT2D eigenvalue weighted by Gasteiger charge is 2.03. The van der Waals surface area contributed by atoms with Gasteiger partial charge in [0.2, 0.25) is 5.91 Å². The third-order valence-corrected chi connectivity index (χ3v) is 4.90. The number of anilines is 1. The predicted octanol–water partition coefficient (Wildman–Crippen LogP) is 4.06. The lowest BCUT2D eigenvalue weighted by molar-refractivity contribution is -0.116. The molecule has 0 unspecified atom stereocenters. The van der Waals surface area contributed by atoms with Crippen LogP contribution in [0, 0.1) is 17.1 Å². The zero-order valence-electron chi connectivity index (χ0n) is 14.9. The van der Waals surface area contributed by atoms with Gasteiger partial charge in [0.25, 0.3) is 0 Å². The molecule has 2 N–H and O–H groups in total. The number of thiophene rings is 1. The normalized spacial score (nSPS) is 10.6. The highest BCUT2D eigenvalue weighted by molar-refractivity contribution is 7.16. The van der Waals surface area contributed by atoms with Crippen molar-refractivity contribution in [3.05, 3.63) is 77.1 Å². The van der Waals surface area contributed by atoms with E-state index in [9.17, 15) is 9.18 Å². The molecule has 0 aliphatic heterocycles. The Morgan fingerprint density at radius 2 is 2.00 bits per heavy atom. The van der Waals surface area contributed by atoms with Crippen molar-refractivity contribution >= 4 is 29.1 Å². The minimum Gasteiger partial charge on any atom is -0.367 e. The SMILES string of the molecule is N#Cc1cccnc1NCCNC(=O)C=Cc1ccc(-c2ccc(F)cc2)s1. The Morgan fingerprint density at radius 1 is 1.18 bits per heavy atom. The maximum atomic E-state index is 13.0. The van der Waals surface area contributed by atoms with Crippen molar-refractivity contribution in [1.29, 1.82) is 5.26 Å². The van der Waals surface area contributed by atoms with Gasteiger partial charge in [-0.3, -0.25) is 4.79 Å². The highest BCUT2D eigenvalue weighted by Crippen LogP contribution is 2.28. The molecule has 5 nitrogen and oxygen atoms in total. The van der Waals surface area contributed by atoms with Crippen molar-refractivity contribution in [2.75, 3.05) is 18.4 Å². The van der Waals surface area contributed by atoms with Gasteiger partial charge in [-0.15, -0.1) is 11.3 Å². The van der Waals surface area contributed by atoms with Gasteiger partial charge < -0.3 is 10.6 Å². The second kappa shape index (κ2) is 9.44. The Bertz CT molecular complexity index is 1020. The van der Waals surface area contributed by atoms with Crippen LogP contribution in [0.3, 0.4) is 0 Å². The first-order valence-corrected chi connectivity index (χ1v) is 9.38. The fourth-order valence-corrected chi connectivity index (χ4v) is 3.35. The van der Waals surface area contributed by atoms with E-state index in [1.165, 1.54) is 29.5 Å². The fourth-order valence-electron chi connectivity index (χ4n) is 2.43. The van der Waals surface area contributed by atoms with Gasteiger partial charge >= 0.3 is 0 Å². The zero-order valence-corrected chi connectivity index (χ0v) is 15.7. The lowest BCUT2D eigenvalue weighted by Crippen LogP contribution is -2.27. The third kappa shape index (κ3) is 5.25. The number of nitrogens with one attached hydrogen (secondary N) is 2. The number of carbonyl (C=O) groups is 1. The number of aromatic nitrogens is 1. The van der Waals surface area contributed by atoms with Crippen LogP contribution in [0.4, 0.5) is 10.2 Å². The summed E-state index contributed by atoms with van der Waals surface area (Å²) in [6.07, 6.45) is 4.82. The molecule has 2 aromatic heterocycles. The summed E-state index contributed by atoms with van der Waals surface area (Å²) in [4.78, 5) is 18.0. The molecule has 0 spiro atoms. The van der Waals surface area contributed by atoms with Crippen LogP contribution in [0.5, 0.6) is 0 Å². The van der Waals surface area contributed by atoms with E-state index < -0.39 is 0 Å². The van der Waals surface area contributed by atoms with Gasteiger partial charge in [-0.2, -0.15) is 5.26 Å². The number of carbonyl (C=O) groups excluding carboxylic acids is 1. The summed E-state index contributed by atoms with van der Waals surface area (Å²) in [5.74, 6) is 0.0280. The van der Waals surface area contributed by atoms with Crippen LogP contribution in [-0.4, -0.2) is 24.0 Å². The van der Waals surface area contributed by atoms with E-state index in [1.807, 2.05) is 12.1 Å². The summed E-state index contributed by atoms with van der Waals surface area (Å²) in [5.41, 5.74) is 1.40. The van der Waals surface area contributed by atoms with Crippen LogP contribution in [0.25, 0.3) is 16.5 Å². The molecule has 7 heteroatoms. The van der Waals surface area contributed by atoms with Crippen molar-refractivity contribution in [2.24, 2.45) is 0 Å². The number of pyridine rings is 1. The molecule has 0 aliphatic carbocycles. The molecule has 0 saturated carbocycles. The molecule has 0 aliphatic rings. The number of amides is 1. The molecule has 0 radical (unpaired) electrons. The minimum atomic E-state index is -0.265. The molecule has 0 saturated heterocycles. The largest absolute Gasteiger partial charge is 0.367 e.